The zero-order valence-electron chi connectivity index (χ0n) is 28.4. The van der Waals surface area contributed by atoms with E-state index in [0.29, 0.717) is 5.82 Å². The fraction of sp³-hybridized carbons (Fsp3) is 0.206. The van der Waals surface area contributed by atoms with Crippen LogP contribution >= 0.6 is 0 Å². The lowest BCUT2D eigenvalue weighted by Gasteiger charge is -2.20. The summed E-state index contributed by atoms with van der Waals surface area (Å²) in [5, 5.41) is 5.46. The molecule has 3 aromatic heterocycles. The van der Waals surface area contributed by atoms with Crippen molar-refractivity contribution in [3.05, 3.63) is 117 Å². The molecule has 51 heavy (non-hydrogen) atoms. The van der Waals surface area contributed by atoms with Crippen LogP contribution in [-0.2, 0) is 10.0 Å². The first kappa shape index (κ1) is 36.3. The van der Waals surface area contributed by atoms with Crippen LogP contribution in [0.3, 0.4) is 0 Å². The summed E-state index contributed by atoms with van der Waals surface area (Å²) < 4.78 is 63.1. The molecule has 0 atom stereocenters. The number of hydrogen-bond acceptors (Lipinski definition) is 10. The predicted octanol–water partition coefficient (Wildman–Crippen LogP) is 4.75. The van der Waals surface area contributed by atoms with Crippen molar-refractivity contribution in [2.75, 3.05) is 43.7 Å². The van der Waals surface area contributed by atoms with Gasteiger partial charge in [-0.05, 0) is 68.4 Å². The van der Waals surface area contributed by atoms with Gasteiger partial charge in [0.2, 0.25) is 10.0 Å². The number of carbonyl (C=O) groups is 1. The summed E-state index contributed by atoms with van der Waals surface area (Å²) in [7, 11) is 2.42. The van der Waals surface area contributed by atoms with E-state index in [1.807, 2.05) is 0 Å². The van der Waals surface area contributed by atoms with Crippen molar-refractivity contribution in [2.24, 2.45) is 0 Å². The number of rotatable bonds is 11. The Morgan fingerprint density at radius 3 is 2.25 bits per heavy atom. The zero-order chi connectivity index (χ0) is 37.2. The molecule has 5 rings (SSSR count). The van der Waals surface area contributed by atoms with Crippen LogP contribution in [0, 0.1) is 11.6 Å². The first-order chi connectivity index (χ1) is 24.1. The average molecular weight is 721 g/mol. The Labute approximate surface area is 291 Å². The number of halogens is 2. The lowest BCUT2D eigenvalue weighted by Crippen LogP contribution is -2.42. The van der Waals surface area contributed by atoms with Crippen molar-refractivity contribution in [1.82, 2.24) is 23.4 Å². The molecule has 0 aliphatic carbocycles. The normalized spacial score (nSPS) is 11.5. The third kappa shape index (κ3) is 7.79. The molecule has 0 radical (unpaired) electrons. The van der Waals surface area contributed by atoms with E-state index in [9.17, 15) is 27.2 Å². The monoisotopic (exact) mass is 720 g/mol. The molecule has 0 bridgehead atoms. The molecule has 0 aliphatic heterocycles. The fourth-order valence-corrected chi connectivity index (χ4v) is 5.89. The summed E-state index contributed by atoms with van der Waals surface area (Å²) in [5.74, 6) is -1.55. The first-order valence-corrected chi connectivity index (χ1v) is 16.8. The molecule has 2 aromatic carbocycles. The van der Waals surface area contributed by atoms with Gasteiger partial charge in [0.1, 0.15) is 33.7 Å². The van der Waals surface area contributed by atoms with Gasteiger partial charge in [-0.25, -0.2) is 40.8 Å². The van der Waals surface area contributed by atoms with Gasteiger partial charge in [-0.2, -0.15) is 0 Å². The molecular weight excluding hydrogens is 686 g/mol. The molecule has 1 amide bonds. The van der Waals surface area contributed by atoms with Crippen LogP contribution in [0.1, 0.15) is 30.2 Å². The second kappa shape index (κ2) is 14.5. The molecule has 0 spiro atoms. The number of benzene rings is 2. The van der Waals surface area contributed by atoms with Crippen LogP contribution in [0.15, 0.2) is 93.6 Å². The van der Waals surface area contributed by atoms with Crippen molar-refractivity contribution < 1.29 is 26.7 Å². The van der Waals surface area contributed by atoms with E-state index >= 15 is 4.39 Å². The van der Waals surface area contributed by atoms with Crippen molar-refractivity contribution in [2.45, 2.75) is 24.8 Å². The lowest BCUT2D eigenvalue weighted by molar-refractivity contribution is 0.102. The molecule has 14 nitrogen and oxygen atoms in total. The Kier molecular flexibility index (Phi) is 10.3. The second-order valence-electron chi connectivity index (χ2n) is 11.8. The van der Waals surface area contributed by atoms with Gasteiger partial charge in [-0.15, -0.1) is 0 Å². The highest BCUT2D eigenvalue weighted by Gasteiger charge is 2.24. The Morgan fingerprint density at radius 2 is 1.63 bits per heavy atom. The van der Waals surface area contributed by atoms with E-state index < -0.39 is 50.4 Å². The Hall–Kier alpha value is -5.94. The topological polar surface area (TPSA) is 161 Å². The maximum Gasteiger partial charge on any atom is 0.335 e. The van der Waals surface area contributed by atoms with Crippen molar-refractivity contribution in [1.29, 1.82) is 0 Å². The Bertz CT molecular complexity index is 2340. The Balaban J connectivity index is 1.35. The number of carbonyl (C=O) groups excluding carboxylic acids is 1. The number of nitrogens with one attached hydrogen (secondary N) is 2. The highest BCUT2D eigenvalue weighted by atomic mass is 32.2. The maximum atomic E-state index is 15.3. The predicted molar refractivity (Wildman–Crippen MR) is 188 cm³/mol. The van der Waals surface area contributed by atoms with Gasteiger partial charge in [0.15, 0.2) is 17.4 Å². The minimum Gasteiger partial charge on any atom is -0.454 e. The Morgan fingerprint density at radius 1 is 0.922 bits per heavy atom. The van der Waals surface area contributed by atoms with E-state index in [-0.39, 0.29) is 39.4 Å². The standard InChI is InChI=1S/C34H34F2N8O6S/c1-20(2)43-19-25(33(46)44(34(43)47)23-10-7-21(35)8-11-23)32(45)38-22-9-12-27(26(36)17-22)50-24-15-16-37-30(18-24)39-29-14-13-28(31(40-29)41(3)4)51(48,49)42(5)6/h7-20H,1-6H3,(H,38,45)(H,37,39,40). The average Bonchev–Trinajstić information content (AvgIpc) is 3.06. The third-order valence-electron chi connectivity index (χ3n) is 7.43. The molecule has 0 saturated heterocycles. The molecule has 2 N–H and O–H groups in total. The molecule has 0 unspecified atom stereocenters. The maximum absolute atomic E-state index is 15.3. The van der Waals surface area contributed by atoms with Gasteiger partial charge < -0.3 is 20.3 Å². The van der Waals surface area contributed by atoms with Gasteiger partial charge in [-0.1, -0.05) is 0 Å². The first-order valence-electron chi connectivity index (χ1n) is 15.3. The van der Waals surface area contributed by atoms with Gasteiger partial charge >= 0.3 is 5.69 Å². The van der Waals surface area contributed by atoms with Crippen LogP contribution in [0.2, 0.25) is 0 Å². The highest BCUT2D eigenvalue weighted by molar-refractivity contribution is 7.89. The quantitative estimate of drug-likeness (QED) is 0.195. The lowest BCUT2D eigenvalue weighted by atomic mass is 10.2. The highest BCUT2D eigenvalue weighted by Crippen LogP contribution is 2.30. The number of aromatic nitrogens is 4. The summed E-state index contributed by atoms with van der Waals surface area (Å²) in [6.07, 6.45) is 2.54. The van der Waals surface area contributed by atoms with Crippen LogP contribution in [0.5, 0.6) is 11.5 Å². The van der Waals surface area contributed by atoms with Gasteiger partial charge in [-0.3, -0.25) is 14.2 Å². The molecule has 266 valence electrons. The van der Waals surface area contributed by atoms with Gasteiger partial charge in [0.05, 0.1) is 5.69 Å². The molecule has 5 aromatic rings. The smallest absolute Gasteiger partial charge is 0.335 e. The summed E-state index contributed by atoms with van der Waals surface area (Å²) in [4.78, 5) is 50.0. The van der Waals surface area contributed by atoms with E-state index in [2.05, 4.69) is 20.6 Å². The summed E-state index contributed by atoms with van der Waals surface area (Å²) >= 11 is 0. The SMILES string of the molecule is CC(C)n1cc(C(=O)Nc2ccc(Oc3ccnc(Nc4ccc(S(=O)(=O)N(C)C)c(N(C)C)n4)c3)c(F)c2)c(=O)n(-c2ccc(F)cc2)c1=O. The number of pyridine rings is 2. The van der Waals surface area contributed by atoms with E-state index in [1.165, 1.54) is 73.4 Å². The van der Waals surface area contributed by atoms with Crippen LogP contribution < -0.4 is 31.5 Å². The minimum absolute atomic E-state index is 0.000498. The van der Waals surface area contributed by atoms with E-state index in [1.54, 1.807) is 32.8 Å². The molecule has 17 heteroatoms. The third-order valence-corrected chi connectivity index (χ3v) is 9.26. The van der Waals surface area contributed by atoms with E-state index in [0.717, 1.165) is 33.3 Å². The molecule has 0 saturated carbocycles. The minimum atomic E-state index is -3.76. The fourth-order valence-electron chi connectivity index (χ4n) is 4.80. The number of sulfonamides is 1. The second-order valence-corrected chi connectivity index (χ2v) is 14.0. The molecule has 0 fully saturated rings. The molecule has 0 aliphatic rings. The van der Waals surface area contributed by atoms with Crippen LogP contribution in [0.25, 0.3) is 5.69 Å². The number of ether oxygens (including phenoxy) is 1. The van der Waals surface area contributed by atoms with Gasteiger partial charge in [0, 0.05) is 64.4 Å². The zero-order valence-corrected chi connectivity index (χ0v) is 29.2. The van der Waals surface area contributed by atoms with Crippen molar-refractivity contribution >= 4 is 39.1 Å². The number of hydrogen-bond donors (Lipinski definition) is 2. The summed E-state index contributed by atoms with van der Waals surface area (Å²) in [6.45, 7) is 3.38. The van der Waals surface area contributed by atoms with Crippen LogP contribution in [0.4, 0.5) is 31.9 Å². The molecule has 3 heterocycles. The van der Waals surface area contributed by atoms with Gasteiger partial charge in [0.25, 0.3) is 11.5 Å². The molecular formula is C34H34F2N8O6S. The van der Waals surface area contributed by atoms with Crippen molar-refractivity contribution in [3.8, 4) is 17.2 Å². The number of nitrogens with zero attached hydrogens (tertiary/aromatic N) is 6. The number of amides is 1. The van der Waals surface area contributed by atoms with Crippen molar-refractivity contribution in [3.63, 3.8) is 0 Å². The summed E-state index contributed by atoms with van der Waals surface area (Å²) in [6, 6.07) is 13.8. The number of anilines is 4. The van der Waals surface area contributed by atoms with E-state index in [4.69, 9.17) is 4.74 Å². The van der Waals surface area contributed by atoms with Crippen LogP contribution in [-0.4, -0.2) is 65.9 Å². The summed E-state index contributed by atoms with van der Waals surface area (Å²) in [5.41, 5.74) is -1.99. The largest absolute Gasteiger partial charge is 0.454 e.